The number of hydrogen-bond donors (Lipinski definition) is 0. The average Bonchev–Trinajstić information content (AvgIpc) is 3.31. The Hall–Kier alpha value is -4.97. The molecule has 1 unspecified atom stereocenters. The molecule has 0 N–H and O–H groups in total. The summed E-state index contributed by atoms with van der Waals surface area (Å²) in [7, 11) is 0. The van der Waals surface area contributed by atoms with Crippen LogP contribution in [0.3, 0.4) is 0 Å². The minimum absolute atomic E-state index is 0.117. The minimum Gasteiger partial charge on any atom is -0.462 e. The van der Waals surface area contributed by atoms with Crippen LogP contribution in [0.25, 0.3) is 0 Å². The predicted molar refractivity (Wildman–Crippen MR) is 283 cm³/mol. The van der Waals surface area contributed by atoms with E-state index in [2.05, 4.69) is 93.7 Å². The number of ether oxygens (including phenoxy) is 3. The van der Waals surface area contributed by atoms with Gasteiger partial charge in [0.05, 0.1) is 0 Å². The van der Waals surface area contributed by atoms with E-state index in [4.69, 9.17) is 14.2 Å². The van der Waals surface area contributed by atoms with Crippen molar-refractivity contribution in [3.63, 3.8) is 0 Å². The second-order valence-corrected chi connectivity index (χ2v) is 16.3. The van der Waals surface area contributed by atoms with Gasteiger partial charge in [-0.15, -0.1) is 0 Å². The molecule has 0 spiro atoms. The first kappa shape index (κ1) is 61.0. The largest absolute Gasteiger partial charge is 0.462 e. The van der Waals surface area contributed by atoms with Gasteiger partial charge in [-0.3, -0.25) is 14.4 Å². The van der Waals surface area contributed by atoms with Gasteiger partial charge in [0, 0.05) is 19.3 Å². The summed E-state index contributed by atoms with van der Waals surface area (Å²) in [5.74, 6) is -1.00. The van der Waals surface area contributed by atoms with Crippen LogP contribution in [0, 0.1) is 0 Å². The van der Waals surface area contributed by atoms with E-state index < -0.39 is 6.10 Å². The van der Waals surface area contributed by atoms with Crippen LogP contribution in [0.4, 0.5) is 0 Å². The Kier molecular flexibility index (Phi) is 48.7. The summed E-state index contributed by atoms with van der Waals surface area (Å²) >= 11 is 0. The summed E-state index contributed by atoms with van der Waals surface area (Å²) in [5.41, 5.74) is 0. The van der Waals surface area contributed by atoms with Crippen molar-refractivity contribution in [1.82, 2.24) is 0 Å². The first-order valence-corrected chi connectivity index (χ1v) is 25.7. The van der Waals surface area contributed by atoms with Gasteiger partial charge >= 0.3 is 17.9 Å². The van der Waals surface area contributed by atoms with E-state index in [0.29, 0.717) is 12.8 Å². The van der Waals surface area contributed by atoms with Gasteiger partial charge in [0.25, 0.3) is 0 Å². The second kappa shape index (κ2) is 52.7. The molecule has 6 nitrogen and oxygen atoms in total. The third-order valence-electron chi connectivity index (χ3n) is 10.0. The Bertz CT molecular complexity index is 1560. The molecule has 66 heavy (non-hydrogen) atoms. The highest BCUT2D eigenvalue weighted by molar-refractivity contribution is 5.71. The zero-order valence-electron chi connectivity index (χ0n) is 41.6. The third-order valence-corrected chi connectivity index (χ3v) is 10.0. The lowest BCUT2D eigenvalue weighted by molar-refractivity contribution is -0.167. The molecule has 1 atom stereocenters. The van der Waals surface area contributed by atoms with Gasteiger partial charge in [-0.2, -0.15) is 0 Å². The van der Waals surface area contributed by atoms with Crippen molar-refractivity contribution >= 4 is 17.9 Å². The SMILES string of the molecule is CC\C=C/C=C\C=C/C=C\CCCCCCCC(=O)OCC(COC(=O)CCCCCCC\C=C/C=C\C=C/C=C\C=C/CCC)OC(=O)CCCCCCC\C=C/C=C\C=C/C=C\CC. The highest BCUT2D eigenvalue weighted by atomic mass is 16.6. The van der Waals surface area contributed by atoms with Crippen LogP contribution in [-0.2, 0) is 28.6 Å². The maximum atomic E-state index is 12.8. The van der Waals surface area contributed by atoms with E-state index in [1.165, 1.54) is 6.42 Å². The molecule has 0 aliphatic rings. The molecule has 0 bridgehead atoms. The molecule has 0 aromatic carbocycles. The van der Waals surface area contributed by atoms with Gasteiger partial charge < -0.3 is 14.2 Å². The number of esters is 3. The van der Waals surface area contributed by atoms with Gasteiger partial charge in [0.15, 0.2) is 6.10 Å². The third kappa shape index (κ3) is 50.0. The molecule has 0 aromatic rings. The first-order chi connectivity index (χ1) is 32.5. The Morgan fingerprint density at radius 3 is 0.924 bits per heavy atom. The Morgan fingerprint density at radius 2 is 0.591 bits per heavy atom. The molecular weight excluding hydrogens is 817 g/mol. The van der Waals surface area contributed by atoms with Crippen molar-refractivity contribution in [2.24, 2.45) is 0 Å². The molecule has 0 saturated carbocycles. The smallest absolute Gasteiger partial charge is 0.306 e. The van der Waals surface area contributed by atoms with Crippen LogP contribution in [0.1, 0.15) is 181 Å². The molecule has 0 aromatic heterocycles. The van der Waals surface area contributed by atoms with Crippen LogP contribution in [0.2, 0.25) is 0 Å². The molecule has 0 heterocycles. The van der Waals surface area contributed by atoms with Crippen LogP contribution >= 0.6 is 0 Å². The van der Waals surface area contributed by atoms with E-state index >= 15 is 0 Å². The number of carbonyl (C=O) groups excluding carboxylic acids is 3. The zero-order chi connectivity index (χ0) is 47.9. The van der Waals surface area contributed by atoms with Gasteiger partial charge in [-0.1, -0.05) is 243 Å². The molecule has 0 amide bonds. The molecule has 0 rings (SSSR count). The summed E-state index contributed by atoms with van der Waals surface area (Å²) in [6, 6.07) is 0. The van der Waals surface area contributed by atoms with E-state index in [9.17, 15) is 14.4 Å². The van der Waals surface area contributed by atoms with Crippen LogP contribution in [-0.4, -0.2) is 37.2 Å². The molecule has 0 aliphatic carbocycles. The van der Waals surface area contributed by atoms with Crippen molar-refractivity contribution in [3.8, 4) is 0 Å². The van der Waals surface area contributed by atoms with Crippen molar-refractivity contribution in [2.45, 2.75) is 187 Å². The number of allylic oxidation sites excluding steroid dienone is 26. The lowest BCUT2D eigenvalue weighted by atomic mass is 10.1. The lowest BCUT2D eigenvalue weighted by Gasteiger charge is -2.18. The topological polar surface area (TPSA) is 78.9 Å². The predicted octanol–water partition coefficient (Wildman–Crippen LogP) is 17.0. The molecule has 366 valence electrons. The molecule has 6 heteroatoms. The van der Waals surface area contributed by atoms with E-state index in [1.54, 1.807) is 0 Å². The Balaban J connectivity index is 4.57. The van der Waals surface area contributed by atoms with Gasteiger partial charge in [-0.25, -0.2) is 0 Å². The summed E-state index contributed by atoms with van der Waals surface area (Å²) in [6.07, 6.45) is 76.4. The summed E-state index contributed by atoms with van der Waals surface area (Å²) in [5, 5.41) is 0. The molecule has 0 fully saturated rings. The first-order valence-electron chi connectivity index (χ1n) is 25.7. The number of carbonyl (C=O) groups is 3. The van der Waals surface area contributed by atoms with E-state index in [1.807, 2.05) is 85.1 Å². The fraction of sp³-hybridized carbons (Fsp3) is 0.517. The van der Waals surface area contributed by atoms with E-state index in [0.717, 1.165) is 135 Å². The van der Waals surface area contributed by atoms with E-state index in [-0.39, 0.29) is 37.5 Å². The summed E-state index contributed by atoms with van der Waals surface area (Å²) < 4.78 is 16.7. The van der Waals surface area contributed by atoms with Gasteiger partial charge in [0.2, 0.25) is 0 Å². The fourth-order valence-corrected chi connectivity index (χ4v) is 6.26. The Labute approximate surface area is 403 Å². The molecule has 0 radical (unpaired) electrons. The van der Waals surface area contributed by atoms with Crippen LogP contribution in [0.15, 0.2) is 158 Å². The highest BCUT2D eigenvalue weighted by Gasteiger charge is 2.19. The van der Waals surface area contributed by atoms with Gasteiger partial charge in [-0.05, 0) is 77.0 Å². The van der Waals surface area contributed by atoms with Crippen LogP contribution in [0.5, 0.6) is 0 Å². The standard InChI is InChI=1S/C60H90O6/c1-4-7-10-13-16-19-22-25-28-29-30-33-35-38-41-44-47-50-53-59(62)65-56-57(66-60(63)54-51-48-45-42-39-36-32-27-24-21-18-15-12-9-6-3)55-64-58(61)52-49-46-43-40-37-34-31-26-23-20-17-14-11-8-5-2/h8-33,57H,4-7,34-56H2,1-3H3/b11-8-,12-9-,13-10-,17-14-,18-15-,19-16-,23-20-,24-21-,25-22-,29-28-,31-26-,32-27-,33-30-. The number of unbranched alkanes of at least 4 members (excludes halogenated alkanes) is 16. The number of rotatable bonds is 43. The van der Waals surface area contributed by atoms with Crippen LogP contribution < -0.4 is 0 Å². The normalized spacial score (nSPS) is 13.4. The number of hydrogen-bond acceptors (Lipinski definition) is 6. The molecule has 0 saturated heterocycles. The second-order valence-electron chi connectivity index (χ2n) is 16.3. The zero-order valence-corrected chi connectivity index (χ0v) is 41.6. The monoisotopic (exact) mass is 907 g/mol. The maximum Gasteiger partial charge on any atom is 0.306 e. The van der Waals surface area contributed by atoms with Crippen molar-refractivity contribution in [3.05, 3.63) is 158 Å². The quantitative estimate of drug-likeness (QED) is 0.0262. The Morgan fingerprint density at radius 1 is 0.318 bits per heavy atom. The van der Waals surface area contributed by atoms with Gasteiger partial charge in [0.1, 0.15) is 13.2 Å². The summed E-state index contributed by atoms with van der Waals surface area (Å²) in [4.78, 5) is 38.0. The van der Waals surface area contributed by atoms with Crippen molar-refractivity contribution in [1.29, 1.82) is 0 Å². The lowest BCUT2D eigenvalue weighted by Crippen LogP contribution is -2.30. The van der Waals surface area contributed by atoms with Crippen molar-refractivity contribution in [2.75, 3.05) is 13.2 Å². The maximum absolute atomic E-state index is 12.8. The molecular formula is C60H90O6. The fourth-order valence-electron chi connectivity index (χ4n) is 6.26. The van der Waals surface area contributed by atoms with Crippen molar-refractivity contribution < 1.29 is 28.6 Å². The molecule has 0 aliphatic heterocycles. The summed E-state index contributed by atoms with van der Waals surface area (Å²) in [6.45, 7) is 6.18. The highest BCUT2D eigenvalue weighted by Crippen LogP contribution is 2.13. The minimum atomic E-state index is -0.820. The average molecular weight is 907 g/mol.